The van der Waals surface area contributed by atoms with Crippen LogP contribution in [0.3, 0.4) is 0 Å². The van der Waals surface area contributed by atoms with E-state index in [2.05, 4.69) is 0 Å². The van der Waals surface area contributed by atoms with Gasteiger partial charge in [-0.1, -0.05) is 47.5 Å². The van der Waals surface area contributed by atoms with E-state index in [1.165, 1.54) is 0 Å². The van der Waals surface area contributed by atoms with E-state index >= 15 is 0 Å². The molecule has 0 saturated heterocycles. The van der Waals surface area contributed by atoms with Gasteiger partial charge in [-0.05, 0) is 42.2 Å². The second kappa shape index (κ2) is 8.34. The Balaban J connectivity index is 2.15. The molecule has 1 amide bonds. The van der Waals surface area contributed by atoms with Gasteiger partial charge in [0.1, 0.15) is 0 Å². The number of aliphatic hydroxyl groups excluding tert-OH is 1. The number of halogens is 2. The lowest BCUT2D eigenvalue weighted by Gasteiger charge is -2.22. The molecule has 0 heterocycles. The molecule has 2 aromatic carbocycles. The molecule has 5 heteroatoms. The van der Waals surface area contributed by atoms with E-state index in [0.717, 1.165) is 11.3 Å². The van der Waals surface area contributed by atoms with Crippen molar-refractivity contribution in [3.63, 3.8) is 0 Å². The Bertz CT molecular complexity index is 661. The van der Waals surface area contributed by atoms with Gasteiger partial charge in [-0.25, -0.2) is 0 Å². The Kier molecular flexibility index (Phi) is 6.46. The first-order valence-electron chi connectivity index (χ1n) is 7.40. The van der Waals surface area contributed by atoms with E-state index in [-0.39, 0.29) is 18.4 Å². The fourth-order valence-electron chi connectivity index (χ4n) is 2.45. The van der Waals surface area contributed by atoms with Gasteiger partial charge in [-0.15, -0.1) is 0 Å². The van der Waals surface area contributed by atoms with Crippen molar-refractivity contribution in [2.24, 2.45) is 0 Å². The van der Waals surface area contributed by atoms with Crippen LogP contribution >= 0.6 is 23.2 Å². The van der Waals surface area contributed by atoms with Crippen molar-refractivity contribution in [3.05, 3.63) is 64.1 Å². The van der Waals surface area contributed by atoms with E-state index in [1.807, 2.05) is 36.4 Å². The minimum absolute atomic E-state index is 0.00719. The van der Waals surface area contributed by atoms with E-state index in [9.17, 15) is 9.90 Å². The highest BCUT2D eigenvalue weighted by atomic mass is 35.5. The highest BCUT2D eigenvalue weighted by molar-refractivity contribution is 6.42. The Morgan fingerprint density at radius 1 is 1.13 bits per heavy atom. The molecule has 0 aliphatic rings. The van der Waals surface area contributed by atoms with Gasteiger partial charge in [0.2, 0.25) is 5.91 Å². The number of carbonyl (C=O) groups is 1. The van der Waals surface area contributed by atoms with Gasteiger partial charge < -0.3 is 10.0 Å². The summed E-state index contributed by atoms with van der Waals surface area (Å²) in [6.45, 7) is 0.00719. The summed E-state index contributed by atoms with van der Waals surface area (Å²) in [6, 6.07) is 14.8. The van der Waals surface area contributed by atoms with Crippen LogP contribution < -0.4 is 4.90 Å². The van der Waals surface area contributed by atoms with Crippen molar-refractivity contribution in [2.45, 2.75) is 18.8 Å². The van der Waals surface area contributed by atoms with Gasteiger partial charge in [0.05, 0.1) is 10.0 Å². The second-order valence-corrected chi connectivity index (χ2v) is 6.19. The average molecular weight is 352 g/mol. The Morgan fingerprint density at radius 3 is 2.43 bits per heavy atom. The van der Waals surface area contributed by atoms with E-state index in [1.54, 1.807) is 24.1 Å². The fraction of sp³-hybridized carbons (Fsp3) is 0.278. The molecule has 1 N–H and O–H groups in total. The number of rotatable bonds is 6. The number of hydrogen-bond donors (Lipinski definition) is 1. The van der Waals surface area contributed by atoms with Crippen molar-refractivity contribution < 1.29 is 9.90 Å². The Morgan fingerprint density at radius 2 is 1.83 bits per heavy atom. The number of benzene rings is 2. The summed E-state index contributed by atoms with van der Waals surface area (Å²) < 4.78 is 0. The van der Waals surface area contributed by atoms with Crippen LogP contribution in [0.15, 0.2) is 48.5 Å². The molecule has 0 aliphatic carbocycles. The molecule has 0 aliphatic heterocycles. The Hall–Kier alpha value is -1.55. The van der Waals surface area contributed by atoms with Crippen LogP contribution in [0.25, 0.3) is 0 Å². The highest BCUT2D eigenvalue weighted by Gasteiger charge is 2.20. The number of hydrogen-bond acceptors (Lipinski definition) is 2. The van der Waals surface area contributed by atoms with Crippen molar-refractivity contribution in [3.8, 4) is 0 Å². The monoisotopic (exact) mass is 351 g/mol. The molecule has 0 radical (unpaired) electrons. The summed E-state index contributed by atoms with van der Waals surface area (Å²) in [5.74, 6) is -0.117. The fourth-order valence-corrected chi connectivity index (χ4v) is 2.76. The lowest BCUT2D eigenvalue weighted by molar-refractivity contribution is -0.118. The molecule has 0 saturated carbocycles. The molecule has 2 aromatic rings. The molecule has 2 rings (SSSR count). The standard InChI is InChI=1S/C18H19Cl2NO2/c1-21(15-5-3-2-4-6-15)18(23)12-14(9-10-22)13-7-8-16(19)17(20)11-13/h2-8,11,14,22H,9-10,12H2,1H3. The molecule has 1 unspecified atom stereocenters. The smallest absolute Gasteiger partial charge is 0.227 e. The predicted octanol–water partition coefficient (Wildman–Crippen LogP) is 4.51. The molecule has 0 bridgehead atoms. The molecule has 0 spiro atoms. The summed E-state index contributed by atoms with van der Waals surface area (Å²) in [5.41, 5.74) is 1.75. The molecular weight excluding hydrogens is 333 g/mol. The number of carbonyl (C=O) groups excluding carboxylic acids is 1. The molecular formula is C18H19Cl2NO2. The molecule has 0 fully saturated rings. The van der Waals surface area contributed by atoms with Crippen LogP contribution in [-0.2, 0) is 4.79 Å². The first-order valence-corrected chi connectivity index (χ1v) is 8.16. The van der Waals surface area contributed by atoms with Crippen LogP contribution in [0.2, 0.25) is 10.0 Å². The molecule has 1 atom stereocenters. The van der Waals surface area contributed by atoms with Gasteiger partial charge in [-0.3, -0.25) is 4.79 Å². The predicted molar refractivity (Wildman–Crippen MR) is 95.4 cm³/mol. The third kappa shape index (κ3) is 4.71. The third-order valence-corrected chi connectivity index (χ3v) is 4.57. The van der Waals surface area contributed by atoms with Crippen molar-refractivity contribution in [1.29, 1.82) is 0 Å². The first-order chi connectivity index (χ1) is 11.0. The summed E-state index contributed by atoms with van der Waals surface area (Å²) in [5, 5.41) is 10.2. The number of aliphatic hydroxyl groups is 1. The number of para-hydroxylation sites is 1. The molecule has 122 valence electrons. The van der Waals surface area contributed by atoms with Crippen LogP contribution in [0.4, 0.5) is 5.69 Å². The van der Waals surface area contributed by atoms with Gasteiger partial charge in [0.25, 0.3) is 0 Å². The average Bonchev–Trinajstić information content (AvgIpc) is 2.57. The van der Waals surface area contributed by atoms with Crippen molar-refractivity contribution >= 4 is 34.8 Å². The third-order valence-electron chi connectivity index (χ3n) is 3.83. The minimum Gasteiger partial charge on any atom is -0.396 e. The van der Waals surface area contributed by atoms with Gasteiger partial charge in [0.15, 0.2) is 0 Å². The van der Waals surface area contributed by atoms with Crippen LogP contribution in [0.5, 0.6) is 0 Å². The molecule has 3 nitrogen and oxygen atoms in total. The van der Waals surface area contributed by atoms with Crippen molar-refractivity contribution in [2.75, 3.05) is 18.6 Å². The zero-order valence-electron chi connectivity index (χ0n) is 12.9. The minimum atomic E-state index is -0.103. The van der Waals surface area contributed by atoms with Gasteiger partial charge >= 0.3 is 0 Å². The van der Waals surface area contributed by atoms with E-state index in [0.29, 0.717) is 22.9 Å². The first kappa shape index (κ1) is 17.8. The summed E-state index contributed by atoms with van der Waals surface area (Å²) in [7, 11) is 1.75. The van der Waals surface area contributed by atoms with Crippen LogP contribution in [0, 0.1) is 0 Å². The zero-order valence-corrected chi connectivity index (χ0v) is 14.4. The zero-order chi connectivity index (χ0) is 16.8. The summed E-state index contributed by atoms with van der Waals surface area (Å²) in [6.07, 6.45) is 0.788. The van der Waals surface area contributed by atoms with Crippen LogP contribution in [-0.4, -0.2) is 24.7 Å². The lowest BCUT2D eigenvalue weighted by Crippen LogP contribution is -2.27. The quantitative estimate of drug-likeness (QED) is 0.831. The van der Waals surface area contributed by atoms with Gasteiger partial charge in [0, 0.05) is 25.8 Å². The SMILES string of the molecule is CN(C(=O)CC(CCO)c1ccc(Cl)c(Cl)c1)c1ccccc1. The lowest BCUT2D eigenvalue weighted by atomic mass is 9.92. The maximum atomic E-state index is 12.5. The Labute approximate surface area is 146 Å². The van der Waals surface area contributed by atoms with Crippen molar-refractivity contribution in [1.82, 2.24) is 0 Å². The summed E-state index contributed by atoms with van der Waals surface area (Å²) >= 11 is 12.0. The van der Waals surface area contributed by atoms with Gasteiger partial charge in [-0.2, -0.15) is 0 Å². The second-order valence-electron chi connectivity index (χ2n) is 5.38. The number of amides is 1. The number of nitrogens with zero attached hydrogens (tertiary/aromatic N) is 1. The maximum absolute atomic E-state index is 12.5. The topological polar surface area (TPSA) is 40.5 Å². The number of anilines is 1. The summed E-state index contributed by atoms with van der Waals surface area (Å²) in [4.78, 5) is 14.2. The highest BCUT2D eigenvalue weighted by Crippen LogP contribution is 2.30. The molecule has 0 aromatic heterocycles. The maximum Gasteiger partial charge on any atom is 0.227 e. The van der Waals surface area contributed by atoms with Crippen LogP contribution in [0.1, 0.15) is 24.3 Å². The van der Waals surface area contributed by atoms with E-state index in [4.69, 9.17) is 23.2 Å². The van der Waals surface area contributed by atoms with E-state index < -0.39 is 0 Å². The normalized spacial score (nSPS) is 12.0. The molecule has 23 heavy (non-hydrogen) atoms. The largest absolute Gasteiger partial charge is 0.396 e.